The van der Waals surface area contributed by atoms with E-state index in [1.165, 1.54) is 0 Å². The number of fused-ring (bicyclic) bond motifs is 4. The Morgan fingerprint density at radius 1 is 1.30 bits per heavy atom. The van der Waals surface area contributed by atoms with E-state index in [2.05, 4.69) is 4.98 Å². The van der Waals surface area contributed by atoms with Gasteiger partial charge in [-0.1, -0.05) is 6.07 Å². The molecule has 0 spiro atoms. The Hall–Kier alpha value is -2.83. The fraction of sp³-hybridized carbons (Fsp3) is 0.600. The van der Waals surface area contributed by atoms with Crippen LogP contribution in [0.5, 0.6) is 0 Å². The largest absolute Gasteiger partial charge is 0.405 e. The van der Waals surface area contributed by atoms with E-state index in [1.54, 1.807) is 23.1 Å². The average Bonchev–Trinajstić information content (AvgIpc) is 2.72. The van der Waals surface area contributed by atoms with E-state index in [0.717, 1.165) is 6.42 Å². The van der Waals surface area contributed by atoms with E-state index in [9.17, 15) is 22.8 Å². The number of rotatable bonds is 3. The van der Waals surface area contributed by atoms with Crippen molar-refractivity contribution in [3.05, 3.63) is 23.9 Å². The highest BCUT2D eigenvalue weighted by molar-refractivity contribution is 5.89. The second-order valence-corrected chi connectivity index (χ2v) is 8.19. The quantitative estimate of drug-likeness (QED) is 0.805. The van der Waals surface area contributed by atoms with Crippen LogP contribution in [0.1, 0.15) is 31.4 Å². The lowest BCUT2D eigenvalue weighted by Gasteiger charge is -2.56. The summed E-state index contributed by atoms with van der Waals surface area (Å²) in [5, 5.41) is 11.1. The lowest BCUT2D eigenvalue weighted by molar-refractivity contribution is -0.159. The number of nitrogens with zero attached hydrogens (tertiary/aromatic N) is 4. The molecular formula is C20H22F3N5O2. The van der Waals surface area contributed by atoms with Crippen molar-refractivity contribution in [3.63, 3.8) is 0 Å². The van der Waals surface area contributed by atoms with Crippen LogP contribution in [0.2, 0.25) is 0 Å². The maximum Gasteiger partial charge on any atom is 0.405 e. The molecule has 160 valence electrons. The summed E-state index contributed by atoms with van der Waals surface area (Å²) in [4.78, 5) is 33.4. The minimum absolute atomic E-state index is 0.104. The Bertz CT molecular complexity index is 884. The van der Waals surface area contributed by atoms with Crippen LogP contribution in [0.15, 0.2) is 18.2 Å². The first kappa shape index (κ1) is 20.4. The number of aromatic nitrogens is 1. The Balaban J connectivity index is 1.62. The molecule has 4 heterocycles. The number of hydrogen-bond acceptors (Lipinski definition) is 5. The maximum atomic E-state index is 12.8. The fourth-order valence-electron chi connectivity index (χ4n) is 5.13. The average molecular weight is 421 g/mol. The summed E-state index contributed by atoms with van der Waals surface area (Å²) < 4.78 is 38.0. The third kappa shape index (κ3) is 3.93. The van der Waals surface area contributed by atoms with Gasteiger partial charge in [-0.15, -0.1) is 0 Å². The molecule has 0 unspecified atom stereocenters. The first-order valence-electron chi connectivity index (χ1n) is 10.0. The van der Waals surface area contributed by atoms with Gasteiger partial charge in [0.1, 0.15) is 30.2 Å². The van der Waals surface area contributed by atoms with Gasteiger partial charge in [-0.3, -0.25) is 9.59 Å². The topological polar surface area (TPSA) is 89.3 Å². The van der Waals surface area contributed by atoms with Gasteiger partial charge in [0.15, 0.2) is 0 Å². The number of amides is 2. The number of carbonyl (C=O) groups is 2. The molecule has 1 N–H and O–H groups in total. The van der Waals surface area contributed by atoms with Crippen LogP contribution in [-0.2, 0) is 9.59 Å². The highest BCUT2D eigenvalue weighted by atomic mass is 19.4. The van der Waals surface area contributed by atoms with Crippen molar-refractivity contribution in [1.82, 2.24) is 15.2 Å². The van der Waals surface area contributed by atoms with E-state index in [1.807, 2.05) is 16.3 Å². The predicted octanol–water partition coefficient (Wildman–Crippen LogP) is 1.84. The summed E-state index contributed by atoms with van der Waals surface area (Å²) in [6.07, 6.45) is -2.09. The number of carbonyl (C=O) groups excluding carboxylic acids is 2. The highest BCUT2D eigenvalue weighted by Crippen LogP contribution is 2.42. The van der Waals surface area contributed by atoms with Crippen molar-refractivity contribution in [1.29, 1.82) is 5.26 Å². The number of anilines is 1. The fourth-order valence-corrected chi connectivity index (χ4v) is 5.13. The van der Waals surface area contributed by atoms with E-state index in [0.29, 0.717) is 38.2 Å². The van der Waals surface area contributed by atoms with Gasteiger partial charge in [-0.05, 0) is 37.3 Å². The molecule has 3 aliphatic rings. The minimum Gasteiger partial charge on any atom is -0.356 e. The number of halogens is 3. The van der Waals surface area contributed by atoms with Crippen molar-refractivity contribution < 1.29 is 22.8 Å². The number of piperidine rings is 3. The second-order valence-electron chi connectivity index (χ2n) is 8.19. The van der Waals surface area contributed by atoms with Gasteiger partial charge in [0, 0.05) is 31.5 Å². The van der Waals surface area contributed by atoms with Crippen LogP contribution in [-0.4, -0.2) is 59.6 Å². The van der Waals surface area contributed by atoms with Crippen LogP contribution < -0.4 is 10.2 Å². The van der Waals surface area contributed by atoms with Crippen molar-refractivity contribution in [3.8, 4) is 6.07 Å². The lowest BCUT2D eigenvalue weighted by atomic mass is 9.71. The van der Waals surface area contributed by atoms with Crippen LogP contribution in [0.4, 0.5) is 19.0 Å². The molecule has 10 heteroatoms. The SMILES string of the molecule is N#Cc1cccc(N2C[C@H]3C[C@@H](C2)[C@H](C(=O)NCC(F)(F)F)N2C(=O)CCC[C@@H]32)n1. The van der Waals surface area contributed by atoms with Crippen molar-refractivity contribution in [2.24, 2.45) is 11.8 Å². The molecule has 0 saturated carbocycles. The van der Waals surface area contributed by atoms with Crippen molar-refractivity contribution >= 4 is 17.6 Å². The summed E-state index contributed by atoms with van der Waals surface area (Å²) in [6, 6.07) is 6.02. The Kier molecular flexibility index (Phi) is 5.30. The Morgan fingerprint density at radius 2 is 2.07 bits per heavy atom. The Labute approximate surface area is 171 Å². The number of pyridine rings is 1. The molecule has 3 aliphatic heterocycles. The van der Waals surface area contributed by atoms with Crippen LogP contribution in [0, 0.1) is 23.2 Å². The first-order chi connectivity index (χ1) is 14.3. The number of alkyl halides is 3. The monoisotopic (exact) mass is 421 g/mol. The zero-order chi connectivity index (χ0) is 21.5. The van der Waals surface area contributed by atoms with Gasteiger partial charge in [-0.25, -0.2) is 4.98 Å². The number of nitriles is 1. The molecule has 7 nitrogen and oxygen atoms in total. The van der Waals surface area contributed by atoms with E-state index in [-0.39, 0.29) is 29.5 Å². The molecule has 4 rings (SSSR count). The van der Waals surface area contributed by atoms with Gasteiger partial charge in [-0.2, -0.15) is 18.4 Å². The summed E-state index contributed by atoms with van der Waals surface area (Å²) in [5.41, 5.74) is 0.275. The summed E-state index contributed by atoms with van der Waals surface area (Å²) in [6.45, 7) is -0.399. The van der Waals surface area contributed by atoms with Gasteiger partial charge in [0.05, 0.1) is 0 Å². The normalized spacial score (nSPS) is 28.5. The minimum atomic E-state index is -4.52. The third-order valence-electron chi connectivity index (χ3n) is 6.25. The van der Waals surface area contributed by atoms with E-state index < -0.39 is 24.7 Å². The van der Waals surface area contributed by atoms with Crippen LogP contribution in [0.25, 0.3) is 0 Å². The molecule has 30 heavy (non-hydrogen) atoms. The zero-order valence-electron chi connectivity index (χ0n) is 16.2. The third-order valence-corrected chi connectivity index (χ3v) is 6.25. The molecule has 2 bridgehead atoms. The number of nitrogens with one attached hydrogen (secondary N) is 1. The molecule has 4 atom stereocenters. The lowest BCUT2D eigenvalue weighted by Crippen LogP contribution is -2.68. The van der Waals surface area contributed by atoms with Crippen LogP contribution >= 0.6 is 0 Å². The van der Waals surface area contributed by atoms with Crippen LogP contribution in [0.3, 0.4) is 0 Å². The molecule has 0 aliphatic carbocycles. The molecule has 1 aromatic rings. The van der Waals surface area contributed by atoms with E-state index in [4.69, 9.17) is 5.26 Å². The molecule has 0 radical (unpaired) electrons. The molecular weight excluding hydrogens is 399 g/mol. The highest BCUT2D eigenvalue weighted by Gasteiger charge is 2.52. The molecule has 3 saturated heterocycles. The van der Waals surface area contributed by atoms with Gasteiger partial charge in [0.2, 0.25) is 11.8 Å². The smallest absolute Gasteiger partial charge is 0.356 e. The predicted molar refractivity (Wildman–Crippen MR) is 100 cm³/mol. The summed E-state index contributed by atoms with van der Waals surface area (Å²) in [7, 11) is 0. The van der Waals surface area contributed by atoms with Crippen molar-refractivity contribution in [2.45, 2.75) is 43.9 Å². The van der Waals surface area contributed by atoms with E-state index >= 15 is 0 Å². The maximum absolute atomic E-state index is 12.8. The molecule has 1 aromatic heterocycles. The van der Waals surface area contributed by atoms with Crippen molar-refractivity contribution in [2.75, 3.05) is 24.5 Å². The second kappa shape index (κ2) is 7.78. The standard InChI is InChI=1S/C20H22F3N5O2/c21-20(22,23)11-25-19(30)18-13-7-12(15-4-2-6-17(29)28(15)18)9-27(10-13)16-5-1-3-14(8-24)26-16/h1,3,5,12-13,15,18H,2,4,6-7,9-11H2,(H,25,30)/t12-,13+,15+,18-/m1/s1. The molecule has 3 fully saturated rings. The van der Waals surface area contributed by atoms with Gasteiger partial charge in [0.25, 0.3) is 0 Å². The summed E-state index contributed by atoms with van der Waals surface area (Å²) >= 11 is 0. The number of hydrogen-bond donors (Lipinski definition) is 1. The summed E-state index contributed by atoms with van der Waals surface area (Å²) in [5.74, 6) is -0.508. The Morgan fingerprint density at radius 3 is 2.80 bits per heavy atom. The first-order valence-corrected chi connectivity index (χ1v) is 10.0. The molecule has 2 amide bonds. The van der Waals surface area contributed by atoms with Gasteiger partial charge >= 0.3 is 6.18 Å². The molecule has 0 aromatic carbocycles. The zero-order valence-corrected chi connectivity index (χ0v) is 16.2. The van der Waals surface area contributed by atoms with Gasteiger partial charge < -0.3 is 15.1 Å².